The molecule has 0 radical (unpaired) electrons. The summed E-state index contributed by atoms with van der Waals surface area (Å²) in [5, 5.41) is 17.3. The number of hydrogen-bond donors (Lipinski definition) is 1. The summed E-state index contributed by atoms with van der Waals surface area (Å²) in [6, 6.07) is 0. The minimum absolute atomic E-state index is 0.0928. The fraction of sp³-hybridized carbons (Fsp3) is 0.714. The third kappa shape index (κ3) is 1.89. The zero-order valence-electron chi connectivity index (χ0n) is 11.2. The smallest absolute Gasteiger partial charge is 0.329 e. The molecule has 0 aromatic heterocycles. The highest BCUT2D eigenvalue weighted by Crippen LogP contribution is 2.51. The standard InChI is InChI=1S/C14H17N3O3/c1-2-3-5-14(15-16-14)6-4-11(18)17-9-10-7-13(17,8-10)12(19)20/h1,10H,3-9H2,(H,19,20). The molecule has 0 aromatic rings. The van der Waals surface area contributed by atoms with Crippen LogP contribution in [0.4, 0.5) is 0 Å². The molecule has 20 heavy (non-hydrogen) atoms. The molecule has 1 N–H and O–H groups in total. The number of aliphatic carboxylic acids is 1. The van der Waals surface area contributed by atoms with E-state index in [-0.39, 0.29) is 5.91 Å². The molecule has 1 saturated carbocycles. The molecule has 106 valence electrons. The molecular formula is C14H17N3O3. The molecule has 0 unspecified atom stereocenters. The number of hydrogen-bond acceptors (Lipinski definition) is 4. The second-order valence-electron chi connectivity index (χ2n) is 6.00. The summed E-state index contributed by atoms with van der Waals surface area (Å²) in [4.78, 5) is 25.2. The van der Waals surface area contributed by atoms with Crippen molar-refractivity contribution in [1.82, 2.24) is 4.90 Å². The van der Waals surface area contributed by atoms with Crippen LogP contribution in [-0.4, -0.2) is 39.6 Å². The van der Waals surface area contributed by atoms with Crippen LogP contribution in [0, 0.1) is 18.3 Å². The fourth-order valence-electron chi connectivity index (χ4n) is 3.42. The number of rotatable bonds is 6. The van der Waals surface area contributed by atoms with Crippen molar-refractivity contribution in [3.63, 3.8) is 0 Å². The molecule has 0 atom stereocenters. The lowest BCUT2D eigenvalue weighted by Gasteiger charge is -2.37. The van der Waals surface area contributed by atoms with Crippen LogP contribution in [0.5, 0.6) is 0 Å². The quantitative estimate of drug-likeness (QED) is 0.744. The summed E-state index contributed by atoms with van der Waals surface area (Å²) < 4.78 is 0. The number of carboxylic acids is 1. The van der Waals surface area contributed by atoms with Gasteiger partial charge >= 0.3 is 5.97 Å². The molecule has 4 aliphatic rings. The van der Waals surface area contributed by atoms with Gasteiger partial charge in [0.05, 0.1) is 0 Å². The average Bonchev–Trinajstić information content (AvgIpc) is 2.89. The van der Waals surface area contributed by atoms with E-state index in [2.05, 4.69) is 16.1 Å². The molecule has 6 heteroatoms. The second kappa shape index (κ2) is 4.30. The van der Waals surface area contributed by atoms with Gasteiger partial charge in [-0.2, -0.15) is 10.2 Å². The predicted molar refractivity (Wildman–Crippen MR) is 69.7 cm³/mol. The van der Waals surface area contributed by atoms with Crippen molar-refractivity contribution in [3.8, 4) is 12.3 Å². The summed E-state index contributed by atoms with van der Waals surface area (Å²) in [5.74, 6) is 1.94. The Kier molecular flexibility index (Phi) is 2.82. The van der Waals surface area contributed by atoms with Gasteiger partial charge in [-0.25, -0.2) is 4.79 Å². The number of terminal acetylenes is 1. The van der Waals surface area contributed by atoms with Crippen molar-refractivity contribution in [2.75, 3.05) is 6.54 Å². The van der Waals surface area contributed by atoms with E-state index >= 15 is 0 Å². The first-order chi connectivity index (χ1) is 9.51. The summed E-state index contributed by atoms with van der Waals surface area (Å²) in [6.07, 6.45) is 8.51. The molecule has 3 fully saturated rings. The first kappa shape index (κ1) is 13.1. The average molecular weight is 275 g/mol. The summed E-state index contributed by atoms with van der Waals surface area (Å²) in [7, 11) is 0. The molecule has 1 aliphatic carbocycles. The molecule has 4 rings (SSSR count). The van der Waals surface area contributed by atoms with Gasteiger partial charge in [-0.3, -0.25) is 4.79 Å². The van der Waals surface area contributed by atoms with E-state index < -0.39 is 17.2 Å². The third-order valence-electron chi connectivity index (χ3n) is 4.70. The Morgan fingerprint density at radius 2 is 2.05 bits per heavy atom. The lowest BCUT2D eigenvalue weighted by atomic mass is 9.73. The Bertz CT molecular complexity index is 522. The van der Waals surface area contributed by atoms with Crippen molar-refractivity contribution in [2.45, 2.75) is 49.7 Å². The van der Waals surface area contributed by atoms with E-state index in [4.69, 9.17) is 6.42 Å². The molecule has 2 saturated heterocycles. The number of amides is 1. The number of nitrogens with zero attached hydrogens (tertiary/aromatic N) is 3. The van der Waals surface area contributed by atoms with E-state index in [1.54, 1.807) is 4.90 Å². The Balaban J connectivity index is 1.56. The Morgan fingerprint density at radius 3 is 2.60 bits per heavy atom. The number of carbonyl (C=O) groups excluding carboxylic acids is 1. The normalized spacial score (nSPS) is 31.6. The number of fused-ring (bicyclic) bond motifs is 1. The molecule has 0 aromatic carbocycles. The molecule has 0 spiro atoms. The Hall–Kier alpha value is -1.90. The van der Waals surface area contributed by atoms with E-state index in [1.807, 2.05) is 0 Å². The lowest BCUT2D eigenvalue weighted by Crippen LogP contribution is -2.54. The molecule has 3 heterocycles. The maximum absolute atomic E-state index is 12.3. The van der Waals surface area contributed by atoms with E-state index in [0.717, 1.165) is 0 Å². The first-order valence-corrected chi connectivity index (χ1v) is 6.93. The minimum atomic E-state index is -0.925. The van der Waals surface area contributed by atoms with E-state index in [9.17, 15) is 14.7 Å². The number of carboxylic acid groups (broad SMARTS) is 1. The van der Waals surface area contributed by atoms with E-state index in [1.165, 1.54) is 0 Å². The van der Waals surface area contributed by atoms with Gasteiger partial charge in [0.2, 0.25) is 5.91 Å². The van der Waals surface area contributed by atoms with Crippen LogP contribution >= 0.6 is 0 Å². The summed E-state index contributed by atoms with van der Waals surface area (Å²) in [5.41, 5.74) is -1.40. The highest BCUT2D eigenvalue weighted by molar-refractivity contribution is 5.89. The highest BCUT2D eigenvalue weighted by atomic mass is 16.4. The van der Waals surface area contributed by atoms with Crippen LogP contribution in [0.15, 0.2) is 10.2 Å². The molecule has 1 amide bonds. The Morgan fingerprint density at radius 1 is 1.35 bits per heavy atom. The zero-order chi connectivity index (χ0) is 14.4. The maximum Gasteiger partial charge on any atom is 0.329 e. The molecule has 2 bridgehead atoms. The second-order valence-corrected chi connectivity index (χ2v) is 6.00. The number of carbonyl (C=O) groups is 2. The van der Waals surface area contributed by atoms with Crippen molar-refractivity contribution < 1.29 is 14.7 Å². The molecule has 6 nitrogen and oxygen atoms in total. The van der Waals surface area contributed by atoms with Gasteiger partial charge in [-0.05, 0) is 18.8 Å². The van der Waals surface area contributed by atoms with Crippen molar-refractivity contribution in [2.24, 2.45) is 16.1 Å². The molecule has 3 aliphatic heterocycles. The van der Waals surface area contributed by atoms with E-state index in [0.29, 0.717) is 51.0 Å². The van der Waals surface area contributed by atoms with Crippen LogP contribution in [-0.2, 0) is 9.59 Å². The van der Waals surface area contributed by atoms with Crippen LogP contribution in [0.3, 0.4) is 0 Å². The third-order valence-corrected chi connectivity index (χ3v) is 4.70. The van der Waals surface area contributed by atoms with Crippen molar-refractivity contribution in [1.29, 1.82) is 0 Å². The van der Waals surface area contributed by atoms with Gasteiger partial charge in [0.25, 0.3) is 0 Å². The largest absolute Gasteiger partial charge is 0.479 e. The van der Waals surface area contributed by atoms with Crippen LogP contribution in [0.2, 0.25) is 0 Å². The van der Waals surface area contributed by atoms with Gasteiger partial charge < -0.3 is 10.0 Å². The van der Waals surface area contributed by atoms with Gasteiger partial charge in [0.15, 0.2) is 5.66 Å². The van der Waals surface area contributed by atoms with Gasteiger partial charge in [0.1, 0.15) is 5.54 Å². The highest BCUT2D eigenvalue weighted by Gasteiger charge is 2.62. The summed E-state index contributed by atoms with van der Waals surface area (Å²) in [6.45, 7) is 0.580. The monoisotopic (exact) mass is 275 g/mol. The van der Waals surface area contributed by atoms with Gasteiger partial charge in [-0.15, -0.1) is 12.3 Å². The van der Waals surface area contributed by atoms with Gasteiger partial charge in [-0.1, -0.05) is 0 Å². The lowest BCUT2D eigenvalue weighted by molar-refractivity contribution is -0.158. The van der Waals surface area contributed by atoms with Crippen molar-refractivity contribution in [3.05, 3.63) is 0 Å². The first-order valence-electron chi connectivity index (χ1n) is 6.93. The fourth-order valence-corrected chi connectivity index (χ4v) is 3.42. The van der Waals surface area contributed by atoms with Crippen LogP contribution < -0.4 is 0 Å². The Labute approximate surface area is 117 Å². The van der Waals surface area contributed by atoms with Crippen LogP contribution in [0.1, 0.15) is 38.5 Å². The van der Waals surface area contributed by atoms with Crippen molar-refractivity contribution >= 4 is 11.9 Å². The van der Waals surface area contributed by atoms with Gasteiger partial charge in [0, 0.05) is 32.2 Å². The predicted octanol–water partition coefficient (Wildman–Crippen LogP) is 1.42. The topological polar surface area (TPSA) is 82.3 Å². The summed E-state index contributed by atoms with van der Waals surface area (Å²) >= 11 is 0. The zero-order valence-corrected chi connectivity index (χ0v) is 11.2. The SMILES string of the molecule is C#CCCC1(CCC(=O)N2CC3CC2(C(=O)O)C3)N=N1. The van der Waals surface area contributed by atoms with Crippen LogP contribution in [0.25, 0.3) is 0 Å². The minimum Gasteiger partial charge on any atom is -0.479 e. The maximum atomic E-state index is 12.3. The molecular weight excluding hydrogens is 258 g/mol.